The van der Waals surface area contributed by atoms with Crippen molar-refractivity contribution >= 4 is 46.9 Å². The highest BCUT2D eigenvalue weighted by molar-refractivity contribution is 7.11. The van der Waals surface area contributed by atoms with E-state index in [1.54, 1.807) is 28.7 Å². The maximum Gasteiger partial charge on any atom is 0.330 e. The Morgan fingerprint density at radius 1 is 1.26 bits per heavy atom. The zero-order valence-electron chi connectivity index (χ0n) is 10.6. The molecule has 98 valence electrons. The largest absolute Gasteiger partial charge is 0.466 e. The van der Waals surface area contributed by atoms with Crippen LogP contribution in [-0.4, -0.2) is 18.1 Å². The predicted octanol–water partition coefficient (Wildman–Crippen LogP) is 3.87. The average Bonchev–Trinajstić information content (AvgIpc) is 3.02. The second-order valence-electron chi connectivity index (χ2n) is 3.76. The summed E-state index contributed by atoms with van der Waals surface area (Å²) in [4.78, 5) is 16.5. The molecule has 0 atom stereocenters. The van der Waals surface area contributed by atoms with Gasteiger partial charge in [0, 0.05) is 16.3 Å². The van der Waals surface area contributed by atoms with E-state index in [-0.39, 0.29) is 5.97 Å². The van der Waals surface area contributed by atoms with Crippen LogP contribution in [0.3, 0.4) is 0 Å². The summed E-state index contributed by atoms with van der Waals surface area (Å²) in [6.45, 7) is 1.99. The van der Waals surface area contributed by atoms with E-state index in [0.717, 1.165) is 21.1 Å². The first-order valence-electron chi connectivity index (χ1n) is 5.62. The molecule has 0 unspecified atom stereocenters. The molecule has 0 bridgehead atoms. The van der Waals surface area contributed by atoms with Gasteiger partial charge in [0.2, 0.25) is 0 Å². The first-order chi connectivity index (χ1) is 9.17. The van der Waals surface area contributed by atoms with E-state index in [9.17, 15) is 4.79 Å². The van der Waals surface area contributed by atoms with Gasteiger partial charge in [-0.15, -0.1) is 22.7 Å². The Labute approximate surface area is 119 Å². The molecule has 0 aromatic carbocycles. The molecule has 3 nitrogen and oxygen atoms in total. The number of aryl methyl sites for hydroxylation is 1. The topological polar surface area (TPSA) is 39.2 Å². The Kier molecular flexibility index (Phi) is 4.65. The van der Waals surface area contributed by atoms with Crippen LogP contribution in [0, 0.1) is 6.92 Å². The number of hydrogen-bond donors (Lipinski definition) is 0. The molecular formula is C14H13NO2S2. The van der Waals surface area contributed by atoms with Crippen molar-refractivity contribution in [3.05, 3.63) is 44.0 Å². The van der Waals surface area contributed by atoms with Gasteiger partial charge >= 0.3 is 5.97 Å². The van der Waals surface area contributed by atoms with E-state index in [2.05, 4.69) is 9.72 Å². The minimum absolute atomic E-state index is 0.346. The molecule has 0 aliphatic heterocycles. The molecular weight excluding hydrogens is 278 g/mol. The second kappa shape index (κ2) is 6.45. The van der Waals surface area contributed by atoms with E-state index in [4.69, 9.17) is 0 Å². The number of rotatable bonds is 4. The normalized spacial score (nSPS) is 11.5. The van der Waals surface area contributed by atoms with Crippen molar-refractivity contribution in [1.82, 2.24) is 4.98 Å². The lowest BCUT2D eigenvalue weighted by Gasteiger charge is -1.88. The van der Waals surface area contributed by atoms with E-state index < -0.39 is 0 Å². The second-order valence-corrected chi connectivity index (χ2v) is 5.77. The Balaban J connectivity index is 2.03. The number of nitrogens with zero attached hydrogens (tertiary/aromatic N) is 1. The molecule has 19 heavy (non-hydrogen) atoms. The van der Waals surface area contributed by atoms with Gasteiger partial charge in [-0.25, -0.2) is 9.78 Å². The number of aromatic nitrogens is 1. The van der Waals surface area contributed by atoms with Crippen LogP contribution in [0.2, 0.25) is 0 Å². The first kappa shape index (κ1) is 13.7. The van der Waals surface area contributed by atoms with Crippen molar-refractivity contribution < 1.29 is 9.53 Å². The molecule has 0 saturated heterocycles. The summed E-state index contributed by atoms with van der Waals surface area (Å²) in [7, 11) is 1.37. The molecule has 5 heteroatoms. The number of thiazole rings is 1. The van der Waals surface area contributed by atoms with Crippen LogP contribution in [0.15, 0.2) is 22.9 Å². The van der Waals surface area contributed by atoms with E-state index in [1.807, 2.05) is 35.9 Å². The minimum atomic E-state index is -0.346. The zero-order valence-corrected chi connectivity index (χ0v) is 12.3. The maximum atomic E-state index is 11.0. The quantitative estimate of drug-likeness (QED) is 0.634. The third-order valence-electron chi connectivity index (χ3n) is 2.31. The van der Waals surface area contributed by atoms with Crippen LogP contribution < -0.4 is 0 Å². The highest BCUT2D eigenvalue weighted by Crippen LogP contribution is 2.19. The lowest BCUT2D eigenvalue weighted by Crippen LogP contribution is -1.92. The molecule has 0 amide bonds. The summed E-state index contributed by atoms with van der Waals surface area (Å²) >= 11 is 3.26. The van der Waals surface area contributed by atoms with Crippen LogP contribution >= 0.6 is 22.7 Å². The molecule has 0 fully saturated rings. The van der Waals surface area contributed by atoms with E-state index in [0.29, 0.717) is 0 Å². The molecule has 0 saturated carbocycles. The number of carbonyl (C=O) groups is 1. The molecule has 0 aliphatic carbocycles. The van der Waals surface area contributed by atoms with Gasteiger partial charge in [-0.3, -0.25) is 0 Å². The monoisotopic (exact) mass is 291 g/mol. The molecule has 2 rings (SSSR count). The summed E-state index contributed by atoms with van der Waals surface area (Å²) in [5.41, 5.74) is 1.96. The number of ether oxygens (including phenoxy) is 1. The third kappa shape index (κ3) is 4.15. The lowest BCUT2D eigenvalue weighted by molar-refractivity contribution is -0.134. The highest BCUT2D eigenvalue weighted by Gasteiger charge is 1.97. The maximum absolute atomic E-state index is 11.0. The van der Waals surface area contributed by atoms with Crippen molar-refractivity contribution in [3.8, 4) is 0 Å². The van der Waals surface area contributed by atoms with Crippen molar-refractivity contribution in [3.63, 3.8) is 0 Å². The summed E-state index contributed by atoms with van der Waals surface area (Å²) in [5.74, 6) is -0.346. The highest BCUT2D eigenvalue weighted by atomic mass is 32.1. The number of thiophene rings is 1. The van der Waals surface area contributed by atoms with Gasteiger partial charge in [0.25, 0.3) is 0 Å². The molecule has 2 aromatic heterocycles. The zero-order chi connectivity index (χ0) is 13.7. The van der Waals surface area contributed by atoms with Gasteiger partial charge in [-0.1, -0.05) is 0 Å². The average molecular weight is 291 g/mol. The first-order valence-corrected chi connectivity index (χ1v) is 7.38. The summed E-state index contributed by atoms with van der Waals surface area (Å²) in [6.07, 6.45) is 7.17. The lowest BCUT2D eigenvalue weighted by atomic mass is 10.2. The van der Waals surface area contributed by atoms with Crippen molar-refractivity contribution in [2.24, 2.45) is 0 Å². The Morgan fingerprint density at radius 3 is 2.79 bits per heavy atom. The van der Waals surface area contributed by atoms with Crippen LogP contribution in [0.5, 0.6) is 0 Å². The Bertz CT molecular complexity index is 623. The molecule has 0 N–H and O–H groups in total. The van der Waals surface area contributed by atoms with Gasteiger partial charge in [-0.05, 0) is 42.2 Å². The van der Waals surface area contributed by atoms with Crippen molar-refractivity contribution in [2.45, 2.75) is 6.92 Å². The van der Waals surface area contributed by atoms with Crippen molar-refractivity contribution in [2.75, 3.05) is 7.11 Å². The van der Waals surface area contributed by atoms with Gasteiger partial charge in [0.1, 0.15) is 0 Å². The number of esters is 1. The Hall–Kier alpha value is -1.72. The molecule has 0 aliphatic rings. The number of methoxy groups -OCH3 is 1. The van der Waals surface area contributed by atoms with Crippen molar-refractivity contribution in [1.29, 1.82) is 0 Å². The number of hydrogen-bond acceptors (Lipinski definition) is 5. The van der Waals surface area contributed by atoms with Gasteiger partial charge in [-0.2, -0.15) is 0 Å². The van der Waals surface area contributed by atoms with Crippen LogP contribution in [0.1, 0.15) is 21.1 Å². The summed E-state index contributed by atoms with van der Waals surface area (Å²) in [5, 5.41) is 5.08. The fourth-order valence-electron chi connectivity index (χ4n) is 1.40. The summed E-state index contributed by atoms with van der Waals surface area (Å²) < 4.78 is 4.54. The standard InChI is InChI=1S/C14H13NO2S2/c1-10-15-12(9-18-10)4-5-13-7-11(8-19-13)3-6-14(16)17-2/h3-9H,1-2H3/b5-4?,6-3+. The molecule has 0 radical (unpaired) electrons. The van der Waals surface area contributed by atoms with Crippen LogP contribution in [0.25, 0.3) is 18.2 Å². The molecule has 2 aromatic rings. The fourth-order valence-corrected chi connectivity index (χ4v) is 2.75. The van der Waals surface area contributed by atoms with Crippen LogP contribution in [0.4, 0.5) is 0 Å². The fraction of sp³-hybridized carbons (Fsp3) is 0.143. The van der Waals surface area contributed by atoms with E-state index >= 15 is 0 Å². The third-order valence-corrected chi connectivity index (χ3v) is 4.02. The van der Waals surface area contributed by atoms with E-state index in [1.165, 1.54) is 13.2 Å². The van der Waals surface area contributed by atoms with Gasteiger partial charge in [0.05, 0.1) is 17.8 Å². The number of carbonyl (C=O) groups excluding carboxylic acids is 1. The SMILES string of the molecule is COC(=O)/C=C/c1csc(C=Cc2csc(C)n2)c1. The Morgan fingerprint density at radius 2 is 2.11 bits per heavy atom. The smallest absolute Gasteiger partial charge is 0.330 e. The predicted molar refractivity (Wildman–Crippen MR) is 81.1 cm³/mol. The van der Waals surface area contributed by atoms with Gasteiger partial charge in [0.15, 0.2) is 0 Å². The van der Waals surface area contributed by atoms with Gasteiger partial charge < -0.3 is 4.74 Å². The van der Waals surface area contributed by atoms with Crippen LogP contribution in [-0.2, 0) is 9.53 Å². The minimum Gasteiger partial charge on any atom is -0.466 e. The molecule has 2 heterocycles. The molecule has 0 spiro atoms. The summed E-state index contributed by atoms with van der Waals surface area (Å²) in [6, 6.07) is 2.01.